The fourth-order valence-electron chi connectivity index (χ4n) is 1.31. The summed E-state index contributed by atoms with van der Waals surface area (Å²) in [5.74, 6) is -1.34. The number of allylic oxidation sites excluding steroid dienone is 10. The molecule has 0 aromatic carbocycles. The monoisotopic (exact) mass is 301 g/mol. The second kappa shape index (κ2) is 11.0. The van der Waals surface area contributed by atoms with Gasteiger partial charge >= 0.3 is 5.97 Å². The molecule has 0 N–H and O–H groups in total. The molecule has 0 radical (unpaired) electrons. The molecule has 0 atom stereocenters. The highest BCUT2D eigenvalue weighted by molar-refractivity contribution is 5.83. The molecule has 22 heavy (non-hydrogen) atoms. The van der Waals surface area contributed by atoms with Crippen molar-refractivity contribution >= 4 is 5.97 Å². The number of ether oxygens (including phenoxy) is 1. The van der Waals surface area contributed by atoms with E-state index in [0.717, 1.165) is 11.6 Å². The molecule has 0 fully saturated rings. The van der Waals surface area contributed by atoms with Crippen molar-refractivity contribution in [3.8, 4) is 6.07 Å². The normalized spacial score (nSPS) is 14.5. The Labute approximate surface area is 131 Å². The lowest BCUT2D eigenvalue weighted by atomic mass is 10.2. The third-order valence-corrected chi connectivity index (χ3v) is 2.37. The molecule has 0 rings (SSSR count). The fourth-order valence-corrected chi connectivity index (χ4v) is 1.31. The third kappa shape index (κ3) is 8.49. The highest BCUT2D eigenvalue weighted by Gasteiger charge is 2.04. The molecule has 4 heteroatoms. The Bertz CT molecular complexity index is 611. The van der Waals surface area contributed by atoms with Gasteiger partial charge in [0, 0.05) is 12.2 Å². The predicted molar refractivity (Wildman–Crippen MR) is 86.1 cm³/mol. The molecule has 0 spiro atoms. The molecular weight excluding hydrogens is 281 g/mol. The maximum Gasteiger partial charge on any atom is 0.336 e. The molecule has 0 aliphatic carbocycles. The van der Waals surface area contributed by atoms with Gasteiger partial charge in [0.1, 0.15) is 11.6 Å². The van der Waals surface area contributed by atoms with Crippen LogP contribution in [0.15, 0.2) is 71.3 Å². The molecule has 0 unspecified atom stereocenters. The number of nitrogens with zero attached hydrogens (tertiary/aromatic N) is 1. The van der Waals surface area contributed by atoms with Gasteiger partial charge in [0.15, 0.2) is 0 Å². The number of carbonyl (C=O) groups is 1. The maximum atomic E-state index is 13.6. The molecule has 0 saturated heterocycles. The number of esters is 1. The lowest BCUT2D eigenvalue weighted by Gasteiger charge is -2.01. The first-order chi connectivity index (χ1) is 10.4. The van der Waals surface area contributed by atoms with E-state index in [1.807, 2.05) is 26.0 Å². The van der Waals surface area contributed by atoms with Crippen LogP contribution in [0.1, 0.15) is 27.7 Å². The first kappa shape index (κ1) is 19.3. The minimum Gasteiger partial charge on any atom is -0.423 e. The Morgan fingerprint density at radius 2 is 1.77 bits per heavy atom. The quantitative estimate of drug-likeness (QED) is 0.232. The van der Waals surface area contributed by atoms with E-state index >= 15 is 0 Å². The van der Waals surface area contributed by atoms with Crippen molar-refractivity contribution in [2.75, 3.05) is 0 Å². The van der Waals surface area contributed by atoms with Crippen LogP contribution in [0.2, 0.25) is 0 Å². The second-order valence-corrected chi connectivity index (χ2v) is 4.32. The molecule has 0 amide bonds. The molecule has 116 valence electrons. The lowest BCUT2D eigenvalue weighted by molar-refractivity contribution is -0.133. The zero-order valence-corrected chi connectivity index (χ0v) is 13.3. The zero-order valence-electron chi connectivity index (χ0n) is 13.3. The van der Waals surface area contributed by atoms with Gasteiger partial charge < -0.3 is 4.74 Å². The van der Waals surface area contributed by atoms with Gasteiger partial charge in [-0.05, 0) is 33.8 Å². The molecule has 0 aliphatic rings. The van der Waals surface area contributed by atoms with Crippen molar-refractivity contribution in [2.24, 2.45) is 0 Å². The van der Waals surface area contributed by atoms with E-state index in [0.29, 0.717) is 0 Å². The van der Waals surface area contributed by atoms with E-state index in [2.05, 4.69) is 0 Å². The minimum absolute atomic E-state index is 0.0263. The van der Waals surface area contributed by atoms with Crippen LogP contribution in [0.4, 0.5) is 4.39 Å². The Balaban J connectivity index is 5.04. The maximum absolute atomic E-state index is 13.6. The van der Waals surface area contributed by atoms with Gasteiger partial charge in [-0.1, -0.05) is 36.0 Å². The standard InChI is InChI=1S/C18H20FNO2/c1-5-8-14(3)10-7-11-18(21)22-16(9-6-2)12-17(19)15(4)13-20/h5-12H,1-4H3/b8-5-,9-6-,11-7+,14-10-,16-12+,17-15-. The van der Waals surface area contributed by atoms with Crippen LogP contribution in [-0.2, 0) is 9.53 Å². The molecule has 3 nitrogen and oxygen atoms in total. The highest BCUT2D eigenvalue weighted by Crippen LogP contribution is 2.12. The molecule has 0 bridgehead atoms. The number of rotatable bonds is 6. The van der Waals surface area contributed by atoms with Gasteiger partial charge in [-0.2, -0.15) is 5.26 Å². The average Bonchev–Trinajstić information content (AvgIpc) is 2.46. The third-order valence-electron chi connectivity index (χ3n) is 2.37. The lowest BCUT2D eigenvalue weighted by Crippen LogP contribution is -1.99. The minimum atomic E-state index is -0.740. The molecule has 0 aromatic rings. The van der Waals surface area contributed by atoms with Gasteiger partial charge in [-0.15, -0.1) is 0 Å². The van der Waals surface area contributed by atoms with E-state index in [9.17, 15) is 9.18 Å². The molecule has 0 heterocycles. The highest BCUT2D eigenvalue weighted by atomic mass is 19.1. The predicted octanol–water partition coefficient (Wildman–Crippen LogP) is 4.84. The summed E-state index contributed by atoms with van der Waals surface area (Å²) in [5.41, 5.74) is 0.896. The SMILES string of the molecule is C\C=C/C(C)=C\C=C\C(=O)OC(/C=C\C)=C/C(F)=C(\C)C#N. The van der Waals surface area contributed by atoms with Gasteiger partial charge in [-0.3, -0.25) is 0 Å². The van der Waals surface area contributed by atoms with Crippen molar-refractivity contribution in [2.45, 2.75) is 27.7 Å². The van der Waals surface area contributed by atoms with Crippen LogP contribution in [0.3, 0.4) is 0 Å². The Hall–Kier alpha value is -2.67. The summed E-state index contributed by atoms with van der Waals surface area (Å²) in [5, 5.41) is 8.62. The number of nitriles is 1. The molecular formula is C18H20FNO2. The molecule has 0 aliphatic heterocycles. The van der Waals surface area contributed by atoms with Crippen LogP contribution in [0.5, 0.6) is 0 Å². The molecule has 0 aromatic heterocycles. The van der Waals surface area contributed by atoms with Crippen molar-refractivity contribution in [1.29, 1.82) is 5.26 Å². The van der Waals surface area contributed by atoms with Gasteiger partial charge in [0.2, 0.25) is 0 Å². The average molecular weight is 301 g/mol. The van der Waals surface area contributed by atoms with Crippen LogP contribution >= 0.6 is 0 Å². The summed E-state index contributed by atoms with van der Waals surface area (Å²) in [6.45, 7) is 6.84. The fraction of sp³-hybridized carbons (Fsp3) is 0.222. The van der Waals surface area contributed by atoms with E-state index in [1.165, 1.54) is 19.1 Å². The van der Waals surface area contributed by atoms with Crippen molar-refractivity contribution in [3.05, 3.63) is 71.3 Å². The van der Waals surface area contributed by atoms with E-state index < -0.39 is 11.8 Å². The molecule has 0 saturated carbocycles. The van der Waals surface area contributed by atoms with E-state index in [4.69, 9.17) is 10.00 Å². The van der Waals surface area contributed by atoms with Crippen molar-refractivity contribution in [1.82, 2.24) is 0 Å². The summed E-state index contributed by atoms with van der Waals surface area (Å²) < 4.78 is 18.6. The van der Waals surface area contributed by atoms with Crippen molar-refractivity contribution < 1.29 is 13.9 Å². The number of carbonyl (C=O) groups excluding carboxylic acids is 1. The topological polar surface area (TPSA) is 50.1 Å². The summed E-state index contributed by atoms with van der Waals surface area (Å²) in [7, 11) is 0. The van der Waals surface area contributed by atoms with Crippen LogP contribution < -0.4 is 0 Å². The van der Waals surface area contributed by atoms with E-state index in [1.54, 1.807) is 31.2 Å². The van der Waals surface area contributed by atoms with Gasteiger partial charge in [0.05, 0.1) is 11.6 Å². The van der Waals surface area contributed by atoms with Gasteiger partial charge in [-0.25, -0.2) is 9.18 Å². The van der Waals surface area contributed by atoms with Crippen LogP contribution in [-0.4, -0.2) is 5.97 Å². The Kier molecular flexibility index (Phi) is 9.70. The number of hydrogen-bond acceptors (Lipinski definition) is 3. The first-order valence-electron chi connectivity index (χ1n) is 6.75. The summed E-state index contributed by atoms with van der Waals surface area (Å²) in [6.07, 6.45) is 12.4. The van der Waals surface area contributed by atoms with Crippen LogP contribution in [0.25, 0.3) is 0 Å². The smallest absolute Gasteiger partial charge is 0.336 e. The van der Waals surface area contributed by atoms with Crippen LogP contribution in [0, 0.1) is 11.3 Å². The summed E-state index contributed by atoms with van der Waals surface area (Å²) >= 11 is 0. The summed E-state index contributed by atoms with van der Waals surface area (Å²) in [4.78, 5) is 11.7. The Morgan fingerprint density at radius 1 is 1.14 bits per heavy atom. The second-order valence-electron chi connectivity index (χ2n) is 4.32. The largest absolute Gasteiger partial charge is 0.423 e. The van der Waals surface area contributed by atoms with Gasteiger partial charge in [0.25, 0.3) is 0 Å². The number of halogens is 1. The number of hydrogen-bond donors (Lipinski definition) is 0. The van der Waals surface area contributed by atoms with E-state index in [-0.39, 0.29) is 11.3 Å². The Morgan fingerprint density at radius 3 is 2.32 bits per heavy atom. The summed E-state index contributed by atoms with van der Waals surface area (Å²) in [6, 6.07) is 1.69. The first-order valence-corrected chi connectivity index (χ1v) is 6.75. The van der Waals surface area contributed by atoms with Crippen molar-refractivity contribution in [3.63, 3.8) is 0 Å². The zero-order chi connectivity index (χ0) is 17.0.